The van der Waals surface area contributed by atoms with Crippen LogP contribution in [0.2, 0.25) is 13.1 Å². The fourth-order valence-corrected chi connectivity index (χ4v) is 37.8. The fraction of sp³-hybridized carbons (Fsp3) is 0.333. The van der Waals surface area contributed by atoms with Crippen molar-refractivity contribution in [2.45, 2.75) is 48.0 Å². The van der Waals surface area contributed by atoms with E-state index in [1.165, 1.54) is 44.5 Å². The van der Waals surface area contributed by atoms with Crippen LogP contribution in [0.4, 0.5) is 0 Å². The Morgan fingerprint density at radius 3 is 1.44 bits per heavy atom. The molecule has 2 unspecified atom stereocenters. The molecule has 179 valence electrons. The number of fused-ring (bicyclic) bond motifs is 2. The van der Waals surface area contributed by atoms with Crippen molar-refractivity contribution < 1.29 is 15.6 Å². The molecule has 0 heterocycles. The molecule has 0 nitrogen and oxygen atoms in total. The molecule has 2 atom stereocenters. The third-order valence-electron chi connectivity index (χ3n) is 8.24. The van der Waals surface area contributed by atoms with Crippen molar-refractivity contribution in [3.8, 4) is 0 Å². The van der Waals surface area contributed by atoms with Crippen molar-refractivity contribution in [1.82, 2.24) is 0 Å². The molecule has 0 aromatic heterocycles. The van der Waals surface area contributed by atoms with Crippen LogP contribution in [-0.4, -0.2) is 5.92 Å². The first-order valence-electron chi connectivity index (χ1n) is 12.5. The van der Waals surface area contributed by atoms with Gasteiger partial charge in [-0.15, -0.1) is 0 Å². The van der Waals surface area contributed by atoms with Gasteiger partial charge in [-0.2, -0.15) is 0 Å². The first-order valence-corrected chi connectivity index (χ1v) is 28.8. The molecule has 0 radical (unpaired) electrons. The molecule has 0 saturated heterocycles. The molecule has 2 aliphatic rings. The average molecular weight is 588 g/mol. The van der Waals surface area contributed by atoms with Crippen molar-refractivity contribution in [2.24, 2.45) is 11.8 Å². The number of allylic oxidation sites excluding steroid dienone is 2. The molecular formula is C30H37Cl2SiZr. The predicted octanol–water partition coefficient (Wildman–Crippen LogP) is 9.84. The molecule has 0 spiro atoms. The molecule has 34 heavy (non-hydrogen) atoms. The zero-order valence-electron chi connectivity index (χ0n) is 21.3. The summed E-state index contributed by atoms with van der Waals surface area (Å²) in [4.78, 5) is 0. The van der Waals surface area contributed by atoms with Gasteiger partial charge in [0.1, 0.15) is 0 Å². The molecule has 4 rings (SSSR count). The monoisotopic (exact) mass is 585 g/mol. The van der Waals surface area contributed by atoms with Gasteiger partial charge >= 0.3 is 217 Å². The minimum absolute atomic E-state index is 0.122. The molecule has 0 bridgehead atoms. The van der Waals surface area contributed by atoms with Crippen LogP contribution in [0.1, 0.15) is 68.3 Å². The summed E-state index contributed by atoms with van der Waals surface area (Å²) in [5.74, 6) is -0.791. The Bertz CT molecular complexity index is 1140. The van der Waals surface area contributed by atoms with Crippen LogP contribution in [0.15, 0.2) is 60.7 Å². The van der Waals surface area contributed by atoms with Crippen LogP contribution < -0.4 is 0 Å². The van der Waals surface area contributed by atoms with Gasteiger partial charge in [0.2, 0.25) is 0 Å². The van der Waals surface area contributed by atoms with Crippen LogP contribution in [0.25, 0.3) is 24.3 Å². The zero-order chi connectivity index (χ0) is 25.0. The summed E-state index contributed by atoms with van der Waals surface area (Å²) in [6, 6.07) is 13.2. The van der Waals surface area contributed by atoms with E-state index in [9.17, 15) is 0 Å². The Morgan fingerprint density at radius 2 is 1.15 bits per heavy atom. The second-order valence-corrected chi connectivity index (χ2v) is 53.5. The number of rotatable bonds is 7. The predicted molar refractivity (Wildman–Crippen MR) is 155 cm³/mol. The number of hydrogen-bond acceptors (Lipinski definition) is 0. The summed E-state index contributed by atoms with van der Waals surface area (Å²) in [6.45, 7) is 22.2. The van der Waals surface area contributed by atoms with Crippen LogP contribution in [0, 0.1) is 11.8 Å². The fourth-order valence-electron chi connectivity index (χ4n) is 6.32. The zero-order valence-corrected chi connectivity index (χ0v) is 26.5. The van der Waals surface area contributed by atoms with Gasteiger partial charge < -0.3 is 0 Å². The molecule has 0 N–H and O–H groups in total. The standard InChI is InChI=1S/2C14H15.C2H7Si.2ClH.Zr/c2*1-4-11-6-5-7-12-8-13(10(2)3)9-14(11)12;1-3-2;;;/h2*4-10H,1H2,2-3H3;3H,1-2H3;2*1H;/q;;;;;+2/p-2. The number of benzene rings is 2. The van der Waals surface area contributed by atoms with Gasteiger partial charge in [0.15, 0.2) is 0 Å². The van der Waals surface area contributed by atoms with E-state index in [1.807, 2.05) is 12.2 Å². The summed E-state index contributed by atoms with van der Waals surface area (Å²) < 4.78 is 0.244. The molecular weight excluding hydrogens is 551 g/mol. The second-order valence-electron chi connectivity index (χ2n) is 11.0. The maximum atomic E-state index is 8.37. The molecule has 2 aliphatic carbocycles. The topological polar surface area (TPSA) is 0 Å². The van der Waals surface area contributed by atoms with Crippen LogP contribution in [-0.2, 0) is 15.6 Å². The van der Waals surface area contributed by atoms with Gasteiger partial charge in [-0.1, -0.05) is 0 Å². The minimum atomic E-state index is -4.66. The van der Waals surface area contributed by atoms with Crippen molar-refractivity contribution in [3.05, 3.63) is 94.1 Å². The van der Waals surface area contributed by atoms with E-state index in [4.69, 9.17) is 17.0 Å². The summed E-state index contributed by atoms with van der Waals surface area (Å²) in [7, 11) is 16.7. The van der Waals surface area contributed by atoms with E-state index < -0.39 is 21.5 Å². The first-order chi connectivity index (χ1) is 16.0. The Hall–Kier alpha value is -0.920. The van der Waals surface area contributed by atoms with Crippen LogP contribution in [0.3, 0.4) is 0 Å². The van der Waals surface area contributed by atoms with Crippen molar-refractivity contribution >= 4 is 47.3 Å². The van der Waals surface area contributed by atoms with E-state index in [2.05, 4.69) is 102 Å². The first kappa shape index (κ1) is 26.2. The van der Waals surface area contributed by atoms with Crippen molar-refractivity contribution in [2.75, 3.05) is 0 Å². The Labute approximate surface area is 215 Å². The summed E-state index contributed by atoms with van der Waals surface area (Å²) >= 11 is -4.66. The molecule has 2 aromatic rings. The Balaban J connectivity index is 2.09. The third kappa shape index (κ3) is 3.71. The van der Waals surface area contributed by atoms with E-state index in [0.717, 1.165) is 0 Å². The van der Waals surface area contributed by atoms with E-state index in [0.29, 0.717) is 11.8 Å². The molecule has 4 heteroatoms. The van der Waals surface area contributed by atoms with E-state index >= 15 is 0 Å². The Kier molecular flexibility index (Phi) is 7.07. The number of halogens is 2. The van der Waals surface area contributed by atoms with Gasteiger partial charge in [0, 0.05) is 0 Å². The van der Waals surface area contributed by atoms with E-state index in [-0.39, 0.29) is 7.25 Å². The van der Waals surface area contributed by atoms with Gasteiger partial charge in [-0.25, -0.2) is 0 Å². The molecule has 0 aliphatic heterocycles. The van der Waals surface area contributed by atoms with Gasteiger partial charge in [-0.3, -0.25) is 0 Å². The summed E-state index contributed by atoms with van der Waals surface area (Å²) in [5, 5.41) is 0. The second kappa shape index (κ2) is 9.19. The maximum absolute atomic E-state index is 8.37. The van der Waals surface area contributed by atoms with Gasteiger partial charge in [0.05, 0.1) is 0 Å². The Morgan fingerprint density at radius 1 is 0.765 bits per heavy atom. The summed E-state index contributed by atoms with van der Waals surface area (Å²) in [5.41, 5.74) is 10.4. The molecule has 0 amide bonds. The number of hydrogen-bond donors (Lipinski definition) is 0. The average Bonchev–Trinajstić information content (AvgIpc) is 3.39. The molecule has 2 aromatic carbocycles. The third-order valence-corrected chi connectivity index (χ3v) is 59.9. The molecule has 0 saturated carbocycles. The quantitative estimate of drug-likeness (QED) is 0.283. The van der Waals surface area contributed by atoms with Gasteiger partial charge in [0.25, 0.3) is 0 Å². The normalized spacial score (nSPS) is 20.6. The van der Waals surface area contributed by atoms with Crippen molar-refractivity contribution in [3.63, 3.8) is 0 Å². The van der Waals surface area contributed by atoms with Gasteiger partial charge in [-0.05, 0) is 0 Å². The van der Waals surface area contributed by atoms with Crippen molar-refractivity contribution in [1.29, 1.82) is 0 Å². The van der Waals surface area contributed by atoms with E-state index in [1.54, 1.807) is 0 Å². The van der Waals surface area contributed by atoms with Crippen LogP contribution in [0.5, 0.6) is 0 Å². The van der Waals surface area contributed by atoms with Crippen LogP contribution >= 0.6 is 17.0 Å². The molecule has 0 fully saturated rings. The SMILES string of the molecule is C=Cc1cccc2c1C=C(C(C)C)[CH]2[Zr]([Cl])([Cl])([CH]1C(C(C)C)=Cc2c(C=C)cccc21)[SiH](C)C. The summed E-state index contributed by atoms with van der Waals surface area (Å²) in [6.07, 6.45) is 8.72.